The third-order valence-electron chi connectivity index (χ3n) is 2.44. The van der Waals surface area contributed by atoms with Gasteiger partial charge in [0.1, 0.15) is 0 Å². The molecule has 0 aliphatic carbocycles. The molecule has 0 saturated carbocycles. The summed E-state index contributed by atoms with van der Waals surface area (Å²) in [5.41, 5.74) is 2.45. The number of nitrogens with zero attached hydrogens (tertiary/aromatic N) is 1. The molecule has 1 rings (SSSR count). The van der Waals surface area contributed by atoms with Gasteiger partial charge in [0.05, 0.1) is 0 Å². The minimum Gasteiger partial charge on any atom is -0.384 e. The van der Waals surface area contributed by atoms with Crippen molar-refractivity contribution in [2.45, 2.75) is 13.8 Å². The van der Waals surface area contributed by atoms with E-state index in [4.69, 9.17) is 0 Å². The van der Waals surface area contributed by atoms with Gasteiger partial charge in [-0.2, -0.15) is 12.6 Å². The van der Waals surface area contributed by atoms with Crippen molar-refractivity contribution in [3.63, 3.8) is 0 Å². The first-order valence-electron chi connectivity index (χ1n) is 5.51. The molecule has 0 fully saturated rings. The van der Waals surface area contributed by atoms with Gasteiger partial charge in [0.15, 0.2) is 0 Å². The molecule has 0 aliphatic heterocycles. The number of hydrogen-bond donors (Lipinski definition) is 2. The standard InChI is InChI=1S/C12H20N2S/c1-3-14(4-2)12-7-5-11(6-8-12)13-9-10-15/h5-8,13,15H,3-4,9-10H2,1-2H3. The number of rotatable bonds is 6. The van der Waals surface area contributed by atoms with Gasteiger partial charge < -0.3 is 10.2 Å². The maximum atomic E-state index is 4.16. The molecule has 0 atom stereocenters. The average molecular weight is 224 g/mol. The van der Waals surface area contributed by atoms with Gasteiger partial charge in [-0.05, 0) is 38.1 Å². The second-order valence-electron chi connectivity index (χ2n) is 3.37. The first kappa shape index (κ1) is 12.2. The summed E-state index contributed by atoms with van der Waals surface area (Å²) in [6, 6.07) is 8.57. The van der Waals surface area contributed by atoms with Gasteiger partial charge in [0, 0.05) is 36.8 Å². The minimum atomic E-state index is 0.859. The molecule has 0 heterocycles. The molecule has 84 valence electrons. The molecule has 0 aliphatic rings. The summed E-state index contributed by atoms with van der Waals surface area (Å²) in [7, 11) is 0. The lowest BCUT2D eigenvalue weighted by molar-refractivity contribution is 0.866. The van der Waals surface area contributed by atoms with E-state index in [1.54, 1.807) is 0 Å². The van der Waals surface area contributed by atoms with Crippen LogP contribution in [-0.2, 0) is 0 Å². The first-order valence-corrected chi connectivity index (χ1v) is 6.14. The molecular formula is C12H20N2S. The number of hydrogen-bond acceptors (Lipinski definition) is 3. The molecule has 0 bridgehead atoms. The van der Waals surface area contributed by atoms with Crippen LogP contribution in [0.15, 0.2) is 24.3 Å². The molecule has 0 aromatic heterocycles. The Morgan fingerprint density at radius 1 is 1.13 bits per heavy atom. The molecule has 0 unspecified atom stereocenters. The Morgan fingerprint density at radius 2 is 1.73 bits per heavy atom. The van der Waals surface area contributed by atoms with Crippen molar-refractivity contribution >= 4 is 24.0 Å². The lowest BCUT2D eigenvalue weighted by Gasteiger charge is -2.21. The highest BCUT2D eigenvalue weighted by Gasteiger charge is 2.00. The van der Waals surface area contributed by atoms with Gasteiger partial charge >= 0.3 is 0 Å². The fraction of sp³-hybridized carbons (Fsp3) is 0.500. The molecule has 0 radical (unpaired) electrons. The van der Waals surface area contributed by atoms with E-state index >= 15 is 0 Å². The molecule has 1 aromatic rings. The van der Waals surface area contributed by atoms with Crippen LogP contribution in [0.25, 0.3) is 0 Å². The second kappa shape index (κ2) is 6.62. The third kappa shape index (κ3) is 3.67. The van der Waals surface area contributed by atoms with Gasteiger partial charge in [-0.3, -0.25) is 0 Å². The molecule has 1 aromatic carbocycles. The Hall–Kier alpha value is -0.830. The zero-order valence-corrected chi connectivity index (χ0v) is 10.4. The largest absolute Gasteiger partial charge is 0.384 e. The Labute approximate surface area is 98.1 Å². The van der Waals surface area contributed by atoms with Crippen LogP contribution in [0.1, 0.15) is 13.8 Å². The maximum absolute atomic E-state index is 4.16. The predicted octanol–water partition coefficient (Wildman–Crippen LogP) is 2.87. The van der Waals surface area contributed by atoms with Crippen molar-refractivity contribution in [1.82, 2.24) is 0 Å². The van der Waals surface area contributed by atoms with Crippen LogP contribution in [0, 0.1) is 0 Å². The van der Waals surface area contributed by atoms with Gasteiger partial charge in [0.25, 0.3) is 0 Å². The van der Waals surface area contributed by atoms with Crippen molar-refractivity contribution in [1.29, 1.82) is 0 Å². The Balaban J connectivity index is 2.62. The molecule has 2 nitrogen and oxygen atoms in total. The SMILES string of the molecule is CCN(CC)c1ccc(NCCS)cc1. The van der Waals surface area contributed by atoms with Crippen LogP contribution in [0.2, 0.25) is 0 Å². The highest BCUT2D eigenvalue weighted by molar-refractivity contribution is 7.80. The molecule has 0 amide bonds. The van der Waals surface area contributed by atoms with E-state index in [0.29, 0.717) is 0 Å². The van der Waals surface area contributed by atoms with E-state index in [0.717, 1.165) is 25.4 Å². The van der Waals surface area contributed by atoms with Gasteiger partial charge in [-0.25, -0.2) is 0 Å². The molecule has 1 N–H and O–H groups in total. The fourth-order valence-corrected chi connectivity index (χ4v) is 1.69. The average Bonchev–Trinajstić information content (AvgIpc) is 2.29. The van der Waals surface area contributed by atoms with Crippen molar-refractivity contribution in [2.24, 2.45) is 0 Å². The van der Waals surface area contributed by atoms with Crippen LogP contribution >= 0.6 is 12.6 Å². The quantitative estimate of drug-likeness (QED) is 0.722. The summed E-state index contributed by atoms with van der Waals surface area (Å²) < 4.78 is 0. The highest BCUT2D eigenvalue weighted by atomic mass is 32.1. The Bertz CT molecular complexity index is 267. The Morgan fingerprint density at radius 3 is 2.20 bits per heavy atom. The monoisotopic (exact) mass is 224 g/mol. The van der Waals surface area contributed by atoms with Gasteiger partial charge in [-0.1, -0.05) is 0 Å². The van der Waals surface area contributed by atoms with Crippen LogP contribution in [-0.4, -0.2) is 25.4 Å². The molecule has 0 spiro atoms. The summed E-state index contributed by atoms with van der Waals surface area (Å²) in [4.78, 5) is 2.34. The Kier molecular flexibility index (Phi) is 5.40. The molecule has 3 heteroatoms. The number of anilines is 2. The first-order chi connectivity index (χ1) is 7.31. The fourth-order valence-electron chi connectivity index (χ4n) is 1.58. The summed E-state index contributed by atoms with van der Waals surface area (Å²) in [6.07, 6.45) is 0. The third-order valence-corrected chi connectivity index (χ3v) is 2.66. The van der Waals surface area contributed by atoms with E-state index in [1.807, 2.05) is 0 Å². The van der Waals surface area contributed by atoms with Gasteiger partial charge in [-0.15, -0.1) is 0 Å². The molecular weight excluding hydrogens is 204 g/mol. The van der Waals surface area contributed by atoms with Crippen molar-refractivity contribution in [3.05, 3.63) is 24.3 Å². The van der Waals surface area contributed by atoms with Crippen molar-refractivity contribution < 1.29 is 0 Å². The molecule has 15 heavy (non-hydrogen) atoms. The van der Waals surface area contributed by atoms with E-state index in [-0.39, 0.29) is 0 Å². The lowest BCUT2D eigenvalue weighted by Crippen LogP contribution is -2.21. The van der Waals surface area contributed by atoms with Crippen molar-refractivity contribution in [2.75, 3.05) is 35.6 Å². The van der Waals surface area contributed by atoms with Crippen molar-refractivity contribution in [3.8, 4) is 0 Å². The summed E-state index contributed by atoms with van der Waals surface area (Å²) in [5, 5.41) is 3.30. The summed E-state index contributed by atoms with van der Waals surface area (Å²) in [5.74, 6) is 0.859. The zero-order chi connectivity index (χ0) is 11.1. The number of benzene rings is 1. The number of nitrogens with one attached hydrogen (secondary N) is 1. The van der Waals surface area contributed by atoms with Crippen LogP contribution in [0.5, 0.6) is 0 Å². The van der Waals surface area contributed by atoms with E-state index in [9.17, 15) is 0 Å². The normalized spacial score (nSPS) is 10.1. The van der Waals surface area contributed by atoms with Crippen LogP contribution in [0.3, 0.4) is 0 Å². The van der Waals surface area contributed by atoms with E-state index in [1.165, 1.54) is 11.4 Å². The second-order valence-corrected chi connectivity index (χ2v) is 3.82. The lowest BCUT2D eigenvalue weighted by atomic mass is 10.2. The predicted molar refractivity (Wildman–Crippen MR) is 72.3 cm³/mol. The summed E-state index contributed by atoms with van der Waals surface area (Å²) >= 11 is 4.16. The van der Waals surface area contributed by atoms with Gasteiger partial charge in [0.2, 0.25) is 0 Å². The topological polar surface area (TPSA) is 15.3 Å². The summed E-state index contributed by atoms with van der Waals surface area (Å²) in [6.45, 7) is 7.38. The number of thiol groups is 1. The minimum absolute atomic E-state index is 0.859. The van der Waals surface area contributed by atoms with E-state index < -0.39 is 0 Å². The maximum Gasteiger partial charge on any atom is 0.0367 e. The highest BCUT2D eigenvalue weighted by Crippen LogP contribution is 2.17. The van der Waals surface area contributed by atoms with Crippen LogP contribution < -0.4 is 10.2 Å². The molecule has 0 saturated heterocycles. The van der Waals surface area contributed by atoms with E-state index in [2.05, 4.69) is 61.0 Å². The zero-order valence-electron chi connectivity index (χ0n) is 9.53. The van der Waals surface area contributed by atoms with Crippen LogP contribution in [0.4, 0.5) is 11.4 Å². The smallest absolute Gasteiger partial charge is 0.0367 e.